The molecule has 0 spiro atoms. The van der Waals surface area contributed by atoms with Gasteiger partial charge in [0.2, 0.25) is 11.8 Å². The first-order valence-electron chi connectivity index (χ1n) is 15.1. The van der Waals surface area contributed by atoms with Crippen molar-refractivity contribution in [3.05, 3.63) is 131 Å². The van der Waals surface area contributed by atoms with Gasteiger partial charge in [0.25, 0.3) is 10.0 Å². The molecule has 0 heterocycles. The first-order chi connectivity index (χ1) is 21.6. The lowest BCUT2D eigenvalue weighted by Crippen LogP contribution is -2.53. The van der Waals surface area contributed by atoms with E-state index in [9.17, 15) is 18.0 Å². The minimum atomic E-state index is -4.15. The van der Waals surface area contributed by atoms with Gasteiger partial charge in [-0.15, -0.1) is 0 Å². The fourth-order valence-electron chi connectivity index (χ4n) is 5.05. The van der Waals surface area contributed by atoms with Crippen molar-refractivity contribution in [1.29, 1.82) is 0 Å². The van der Waals surface area contributed by atoms with Crippen molar-refractivity contribution in [3.63, 3.8) is 0 Å². The van der Waals surface area contributed by atoms with E-state index in [2.05, 4.69) is 5.32 Å². The van der Waals surface area contributed by atoms with E-state index in [4.69, 9.17) is 11.6 Å². The lowest BCUT2D eigenvalue weighted by Gasteiger charge is -2.34. The van der Waals surface area contributed by atoms with Crippen molar-refractivity contribution in [2.45, 2.75) is 51.1 Å². The van der Waals surface area contributed by atoms with Crippen LogP contribution in [-0.2, 0) is 39.0 Å². The maximum atomic E-state index is 14.6. The number of carbonyl (C=O) groups excluding carboxylic acids is 2. The number of aryl methyl sites for hydroxylation is 1. The van der Waals surface area contributed by atoms with Crippen molar-refractivity contribution in [2.75, 3.05) is 17.4 Å². The third kappa shape index (κ3) is 8.96. The fraction of sp³-hybridized carbons (Fsp3) is 0.278. The topological polar surface area (TPSA) is 86.8 Å². The van der Waals surface area contributed by atoms with Crippen LogP contribution in [0.2, 0.25) is 5.02 Å². The molecule has 0 saturated carbocycles. The quantitative estimate of drug-likeness (QED) is 0.169. The van der Waals surface area contributed by atoms with Crippen LogP contribution in [0.15, 0.2) is 114 Å². The summed E-state index contributed by atoms with van der Waals surface area (Å²) in [5.74, 6) is -0.610. The molecule has 0 aliphatic carbocycles. The number of carbonyl (C=O) groups is 2. The van der Waals surface area contributed by atoms with E-state index in [1.807, 2.05) is 63.2 Å². The van der Waals surface area contributed by atoms with Gasteiger partial charge in [0.15, 0.2) is 0 Å². The molecule has 0 fully saturated rings. The Morgan fingerprint density at radius 1 is 0.800 bits per heavy atom. The maximum Gasteiger partial charge on any atom is 0.264 e. The van der Waals surface area contributed by atoms with Gasteiger partial charge in [-0.1, -0.05) is 111 Å². The molecular weight excluding hydrogens is 606 g/mol. The van der Waals surface area contributed by atoms with Crippen molar-refractivity contribution in [1.82, 2.24) is 10.2 Å². The molecule has 0 bridgehead atoms. The molecule has 0 saturated heterocycles. The van der Waals surface area contributed by atoms with Crippen LogP contribution in [0.5, 0.6) is 0 Å². The molecule has 1 atom stereocenters. The van der Waals surface area contributed by atoms with Crippen LogP contribution in [0, 0.1) is 5.92 Å². The molecule has 1 unspecified atom stereocenters. The Kier molecular flexibility index (Phi) is 11.8. The van der Waals surface area contributed by atoms with Gasteiger partial charge in [0, 0.05) is 24.5 Å². The first-order valence-corrected chi connectivity index (χ1v) is 16.9. The second-order valence-electron chi connectivity index (χ2n) is 11.3. The smallest absolute Gasteiger partial charge is 0.264 e. The SMILES string of the molecule is CCc1ccccc1N(CC(=O)N(Cc1ccc(Cl)cc1)C(Cc1ccccc1)C(=O)NCC(C)C)S(=O)(=O)c1ccccc1. The third-order valence-corrected chi connectivity index (χ3v) is 9.50. The van der Waals surface area contributed by atoms with Gasteiger partial charge in [0.05, 0.1) is 10.6 Å². The van der Waals surface area contributed by atoms with Crippen LogP contribution in [0.25, 0.3) is 0 Å². The van der Waals surface area contributed by atoms with Crippen LogP contribution >= 0.6 is 11.6 Å². The zero-order chi connectivity index (χ0) is 32.4. The van der Waals surface area contributed by atoms with Gasteiger partial charge < -0.3 is 10.2 Å². The zero-order valence-electron chi connectivity index (χ0n) is 25.9. The molecule has 0 aromatic heterocycles. The van der Waals surface area contributed by atoms with Crippen LogP contribution < -0.4 is 9.62 Å². The summed E-state index contributed by atoms with van der Waals surface area (Å²) in [7, 11) is -4.15. The van der Waals surface area contributed by atoms with Crippen LogP contribution in [-0.4, -0.2) is 44.3 Å². The molecule has 4 aromatic carbocycles. The molecule has 9 heteroatoms. The van der Waals surface area contributed by atoms with E-state index in [0.29, 0.717) is 23.7 Å². The number of sulfonamides is 1. The number of anilines is 1. The minimum Gasteiger partial charge on any atom is -0.354 e. The highest BCUT2D eigenvalue weighted by molar-refractivity contribution is 7.92. The van der Waals surface area contributed by atoms with Crippen LogP contribution in [0.4, 0.5) is 5.69 Å². The van der Waals surface area contributed by atoms with Gasteiger partial charge in [0.1, 0.15) is 12.6 Å². The highest BCUT2D eigenvalue weighted by Crippen LogP contribution is 2.28. The fourth-order valence-corrected chi connectivity index (χ4v) is 6.65. The molecule has 1 N–H and O–H groups in total. The molecule has 7 nitrogen and oxygen atoms in total. The lowest BCUT2D eigenvalue weighted by atomic mass is 10.0. The first kappa shape index (κ1) is 33.7. The predicted molar refractivity (Wildman–Crippen MR) is 181 cm³/mol. The van der Waals surface area contributed by atoms with Gasteiger partial charge >= 0.3 is 0 Å². The Balaban J connectivity index is 1.81. The highest BCUT2D eigenvalue weighted by atomic mass is 35.5. The average molecular weight is 646 g/mol. The Labute approximate surface area is 271 Å². The largest absolute Gasteiger partial charge is 0.354 e. The van der Waals surface area contributed by atoms with Crippen molar-refractivity contribution in [2.24, 2.45) is 5.92 Å². The number of hydrogen-bond acceptors (Lipinski definition) is 4. The van der Waals surface area contributed by atoms with Crippen molar-refractivity contribution in [3.8, 4) is 0 Å². The van der Waals surface area contributed by atoms with Crippen molar-refractivity contribution < 1.29 is 18.0 Å². The standard InChI is InChI=1S/C36H40ClN3O4S/c1-4-30-15-11-12-18-33(30)40(45(43,44)32-16-9-6-10-17-32)26-35(41)39(25-29-19-21-31(37)22-20-29)34(36(42)38-24-27(2)3)23-28-13-7-5-8-14-28/h5-22,27,34H,4,23-26H2,1-3H3,(H,38,42). The number of benzene rings is 4. The number of nitrogens with one attached hydrogen (secondary N) is 1. The lowest BCUT2D eigenvalue weighted by molar-refractivity contribution is -0.140. The summed E-state index contributed by atoms with van der Waals surface area (Å²) in [6, 6.07) is 30.9. The molecular formula is C36H40ClN3O4S. The molecule has 0 radical (unpaired) electrons. The second-order valence-corrected chi connectivity index (χ2v) is 13.6. The summed E-state index contributed by atoms with van der Waals surface area (Å²) in [6.07, 6.45) is 0.814. The summed E-state index contributed by atoms with van der Waals surface area (Å²) >= 11 is 6.16. The summed E-state index contributed by atoms with van der Waals surface area (Å²) in [6.45, 7) is 5.96. The molecule has 4 rings (SSSR count). The Morgan fingerprint density at radius 3 is 2.02 bits per heavy atom. The predicted octanol–water partition coefficient (Wildman–Crippen LogP) is 6.51. The van der Waals surface area contributed by atoms with Crippen LogP contribution in [0.1, 0.15) is 37.5 Å². The van der Waals surface area contributed by atoms with E-state index < -0.39 is 28.5 Å². The molecule has 0 aliphatic rings. The molecule has 0 aliphatic heterocycles. The summed E-state index contributed by atoms with van der Waals surface area (Å²) in [5, 5.41) is 3.55. The van der Waals surface area contributed by atoms with Crippen molar-refractivity contribution >= 4 is 39.1 Å². The molecule has 2 amide bonds. The summed E-state index contributed by atoms with van der Waals surface area (Å²) in [4.78, 5) is 30.0. The van der Waals surface area contributed by atoms with E-state index in [0.717, 1.165) is 16.7 Å². The number of rotatable bonds is 14. The highest BCUT2D eigenvalue weighted by Gasteiger charge is 2.35. The van der Waals surface area contributed by atoms with E-state index >= 15 is 0 Å². The van der Waals surface area contributed by atoms with E-state index in [1.165, 1.54) is 21.3 Å². The Hall–Kier alpha value is -4.14. The minimum absolute atomic E-state index is 0.0727. The van der Waals surface area contributed by atoms with E-state index in [1.54, 1.807) is 54.6 Å². The number of nitrogens with zero attached hydrogens (tertiary/aromatic N) is 2. The van der Waals surface area contributed by atoms with Crippen LogP contribution in [0.3, 0.4) is 0 Å². The Bertz CT molecular complexity index is 1660. The molecule has 236 valence electrons. The second kappa shape index (κ2) is 15.7. The average Bonchev–Trinajstić information content (AvgIpc) is 3.05. The van der Waals surface area contributed by atoms with Gasteiger partial charge in [-0.2, -0.15) is 0 Å². The van der Waals surface area contributed by atoms with E-state index in [-0.39, 0.29) is 29.7 Å². The van der Waals surface area contributed by atoms with Gasteiger partial charge in [-0.05, 0) is 59.4 Å². The monoisotopic (exact) mass is 645 g/mol. The maximum absolute atomic E-state index is 14.6. The number of amides is 2. The molecule has 4 aromatic rings. The summed E-state index contributed by atoms with van der Waals surface area (Å²) < 4.78 is 29.5. The van der Waals surface area contributed by atoms with Gasteiger partial charge in [-0.25, -0.2) is 8.42 Å². The Morgan fingerprint density at radius 2 is 1.40 bits per heavy atom. The van der Waals surface area contributed by atoms with Gasteiger partial charge in [-0.3, -0.25) is 13.9 Å². The number of hydrogen-bond donors (Lipinski definition) is 1. The summed E-state index contributed by atoms with van der Waals surface area (Å²) in [5.41, 5.74) is 2.84. The number of halogens is 1. The third-order valence-electron chi connectivity index (χ3n) is 7.47. The molecule has 45 heavy (non-hydrogen) atoms. The number of para-hydroxylation sites is 1. The zero-order valence-corrected chi connectivity index (χ0v) is 27.5. The normalized spacial score (nSPS) is 12.0.